The lowest BCUT2D eigenvalue weighted by Crippen LogP contribution is -2.18. The average Bonchev–Trinajstić information content (AvgIpc) is 3.09. The summed E-state index contributed by atoms with van der Waals surface area (Å²) >= 11 is 0. The fourth-order valence-electron chi connectivity index (χ4n) is 2.00. The van der Waals surface area contributed by atoms with E-state index in [1.165, 1.54) is 4.68 Å². The first-order chi connectivity index (χ1) is 10.1. The maximum absolute atomic E-state index is 12.2. The molecule has 2 heterocycles. The molecule has 0 spiro atoms. The summed E-state index contributed by atoms with van der Waals surface area (Å²) in [4.78, 5) is 12.2. The number of rotatable bonds is 3. The van der Waals surface area contributed by atoms with Gasteiger partial charge in [0, 0.05) is 25.0 Å². The van der Waals surface area contributed by atoms with Crippen LogP contribution in [-0.2, 0) is 7.05 Å². The van der Waals surface area contributed by atoms with Crippen LogP contribution in [0.1, 0.15) is 10.5 Å². The number of nitrogens with zero attached hydrogens (tertiary/aromatic N) is 4. The van der Waals surface area contributed by atoms with E-state index in [1.54, 1.807) is 48.4 Å². The van der Waals surface area contributed by atoms with Gasteiger partial charge in [-0.05, 0) is 30.3 Å². The van der Waals surface area contributed by atoms with Gasteiger partial charge in [0.25, 0.3) is 5.91 Å². The minimum absolute atomic E-state index is 0.243. The van der Waals surface area contributed by atoms with Gasteiger partial charge in [0.1, 0.15) is 11.5 Å². The van der Waals surface area contributed by atoms with Crippen LogP contribution in [0.5, 0.6) is 0 Å². The summed E-state index contributed by atoms with van der Waals surface area (Å²) in [7, 11) is 1.71. The molecule has 0 aliphatic carbocycles. The number of benzene rings is 1. The molecule has 106 valence electrons. The van der Waals surface area contributed by atoms with Gasteiger partial charge < -0.3 is 11.1 Å². The summed E-state index contributed by atoms with van der Waals surface area (Å²) in [5, 5.41) is 11.0. The number of aromatic nitrogens is 4. The van der Waals surface area contributed by atoms with Crippen molar-refractivity contribution in [3.8, 4) is 5.69 Å². The second-order valence-electron chi connectivity index (χ2n) is 4.51. The molecule has 7 nitrogen and oxygen atoms in total. The highest BCUT2D eigenvalue weighted by atomic mass is 16.2. The lowest BCUT2D eigenvalue weighted by atomic mass is 10.3. The van der Waals surface area contributed by atoms with Gasteiger partial charge in [-0.15, -0.1) is 0 Å². The van der Waals surface area contributed by atoms with Crippen molar-refractivity contribution in [3.05, 3.63) is 54.5 Å². The van der Waals surface area contributed by atoms with Gasteiger partial charge in [-0.2, -0.15) is 10.2 Å². The highest BCUT2D eigenvalue weighted by Crippen LogP contribution is 2.16. The molecule has 3 rings (SSSR count). The van der Waals surface area contributed by atoms with E-state index in [9.17, 15) is 4.79 Å². The SMILES string of the molecule is Cn1nccc1C(=O)Nc1ccnn1-c1ccc(N)cc1. The monoisotopic (exact) mass is 282 g/mol. The van der Waals surface area contributed by atoms with Crippen molar-refractivity contribution >= 4 is 17.4 Å². The van der Waals surface area contributed by atoms with E-state index in [0.29, 0.717) is 17.2 Å². The van der Waals surface area contributed by atoms with Crippen LogP contribution in [0.15, 0.2) is 48.8 Å². The van der Waals surface area contributed by atoms with Crippen LogP contribution in [0.3, 0.4) is 0 Å². The van der Waals surface area contributed by atoms with Crippen molar-refractivity contribution in [2.45, 2.75) is 0 Å². The van der Waals surface area contributed by atoms with Crippen LogP contribution < -0.4 is 11.1 Å². The number of amides is 1. The molecule has 0 atom stereocenters. The van der Waals surface area contributed by atoms with Crippen molar-refractivity contribution in [1.29, 1.82) is 0 Å². The van der Waals surface area contributed by atoms with Crippen molar-refractivity contribution in [3.63, 3.8) is 0 Å². The zero-order valence-corrected chi connectivity index (χ0v) is 11.4. The van der Waals surface area contributed by atoms with Crippen LogP contribution in [0, 0.1) is 0 Å². The third-order valence-electron chi connectivity index (χ3n) is 3.08. The Morgan fingerprint density at radius 1 is 1.10 bits per heavy atom. The van der Waals surface area contributed by atoms with E-state index in [2.05, 4.69) is 15.5 Å². The lowest BCUT2D eigenvalue weighted by Gasteiger charge is -2.09. The van der Waals surface area contributed by atoms with Gasteiger partial charge in [-0.25, -0.2) is 4.68 Å². The molecule has 0 aliphatic heterocycles. The first kappa shape index (κ1) is 12.9. The zero-order valence-electron chi connectivity index (χ0n) is 11.4. The normalized spacial score (nSPS) is 10.5. The number of hydrogen-bond acceptors (Lipinski definition) is 4. The largest absolute Gasteiger partial charge is 0.399 e. The Morgan fingerprint density at radius 3 is 2.48 bits per heavy atom. The maximum Gasteiger partial charge on any atom is 0.275 e. The standard InChI is InChI=1S/C14H14N6O/c1-19-12(6-8-16-19)14(21)18-13-7-9-17-20(13)11-4-2-10(15)3-5-11/h2-9H,15H2,1H3,(H,18,21). The van der Waals surface area contributed by atoms with Crippen molar-refractivity contribution in [1.82, 2.24) is 19.6 Å². The fraction of sp³-hybridized carbons (Fsp3) is 0.0714. The Bertz CT molecular complexity index is 771. The quantitative estimate of drug-likeness (QED) is 0.711. The molecule has 2 aromatic heterocycles. The number of anilines is 2. The van der Waals surface area contributed by atoms with Gasteiger partial charge in [0.15, 0.2) is 0 Å². The summed E-state index contributed by atoms with van der Waals surface area (Å²) in [6, 6.07) is 10.6. The second kappa shape index (κ2) is 5.12. The predicted molar refractivity (Wildman–Crippen MR) is 79.1 cm³/mol. The van der Waals surface area contributed by atoms with Gasteiger partial charge in [0.2, 0.25) is 0 Å². The van der Waals surface area contributed by atoms with E-state index in [0.717, 1.165) is 5.69 Å². The first-order valence-corrected chi connectivity index (χ1v) is 6.34. The Hall–Kier alpha value is -3.09. The Kier molecular flexibility index (Phi) is 3.15. The number of nitrogen functional groups attached to an aromatic ring is 1. The Balaban J connectivity index is 1.88. The molecule has 0 bridgehead atoms. The molecular weight excluding hydrogens is 268 g/mol. The highest BCUT2D eigenvalue weighted by Gasteiger charge is 2.13. The number of aryl methyl sites for hydroxylation is 1. The van der Waals surface area contributed by atoms with E-state index in [1.807, 2.05) is 12.1 Å². The van der Waals surface area contributed by atoms with Crippen molar-refractivity contribution < 1.29 is 4.79 Å². The number of hydrogen-bond donors (Lipinski definition) is 2. The molecular formula is C14H14N6O. The Morgan fingerprint density at radius 2 is 1.81 bits per heavy atom. The van der Waals surface area contributed by atoms with E-state index in [-0.39, 0.29) is 5.91 Å². The number of carbonyl (C=O) groups excluding carboxylic acids is 1. The predicted octanol–water partition coefficient (Wildman–Crippen LogP) is 1.44. The molecule has 0 saturated carbocycles. The summed E-state index contributed by atoms with van der Waals surface area (Å²) in [5.41, 5.74) is 7.63. The summed E-state index contributed by atoms with van der Waals surface area (Å²) in [6.07, 6.45) is 3.20. The third kappa shape index (κ3) is 2.48. The molecule has 1 amide bonds. The van der Waals surface area contributed by atoms with Gasteiger partial charge >= 0.3 is 0 Å². The minimum Gasteiger partial charge on any atom is -0.399 e. The molecule has 0 radical (unpaired) electrons. The lowest BCUT2D eigenvalue weighted by molar-refractivity contribution is 0.101. The fourth-order valence-corrected chi connectivity index (χ4v) is 2.00. The summed E-state index contributed by atoms with van der Waals surface area (Å²) in [5.74, 6) is 0.332. The first-order valence-electron chi connectivity index (χ1n) is 6.34. The topological polar surface area (TPSA) is 90.8 Å². The molecule has 0 unspecified atom stereocenters. The molecule has 7 heteroatoms. The number of carbonyl (C=O) groups is 1. The third-order valence-corrected chi connectivity index (χ3v) is 3.08. The van der Waals surface area contributed by atoms with Crippen LogP contribution in [0.2, 0.25) is 0 Å². The molecule has 0 fully saturated rings. The van der Waals surface area contributed by atoms with E-state index < -0.39 is 0 Å². The maximum atomic E-state index is 12.2. The molecule has 1 aromatic carbocycles. The van der Waals surface area contributed by atoms with Crippen molar-refractivity contribution in [2.24, 2.45) is 7.05 Å². The Labute approximate surface area is 121 Å². The van der Waals surface area contributed by atoms with Crippen LogP contribution in [0.4, 0.5) is 11.5 Å². The summed E-state index contributed by atoms with van der Waals surface area (Å²) < 4.78 is 3.15. The average molecular weight is 282 g/mol. The van der Waals surface area contributed by atoms with Gasteiger partial charge in [-0.1, -0.05) is 0 Å². The second-order valence-corrected chi connectivity index (χ2v) is 4.51. The van der Waals surface area contributed by atoms with E-state index in [4.69, 9.17) is 5.73 Å². The number of nitrogens with one attached hydrogen (secondary N) is 1. The molecule has 0 saturated heterocycles. The molecule has 3 aromatic rings. The summed E-state index contributed by atoms with van der Waals surface area (Å²) in [6.45, 7) is 0. The van der Waals surface area contributed by atoms with E-state index >= 15 is 0 Å². The van der Waals surface area contributed by atoms with Gasteiger partial charge in [0.05, 0.1) is 11.9 Å². The smallest absolute Gasteiger partial charge is 0.275 e. The molecule has 0 aliphatic rings. The zero-order chi connectivity index (χ0) is 14.8. The number of nitrogens with two attached hydrogens (primary N) is 1. The van der Waals surface area contributed by atoms with Crippen LogP contribution in [-0.4, -0.2) is 25.5 Å². The van der Waals surface area contributed by atoms with Crippen molar-refractivity contribution in [2.75, 3.05) is 11.1 Å². The minimum atomic E-state index is -0.243. The van der Waals surface area contributed by atoms with Crippen LogP contribution in [0.25, 0.3) is 5.69 Å². The van der Waals surface area contributed by atoms with Crippen LogP contribution >= 0.6 is 0 Å². The highest BCUT2D eigenvalue weighted by molar-refractivity contribution is 6.02. The van der Waals surface area contributed by atoms with Gasteiger partial charge in [-0.3, -0.25) is 9.48 Å². The molecule has 3 N–H and O–H groups in total. The molecule has 21 heavy (non-hydrogen) atoms.